The summed E-state index contributed by atoms with van der Waals surface area (Å²) >= 11 is 0. The molecule has 4 aromatic rings. The van der Waals surface area contributed by atoms with Crippen LogP contribution < -0.4 is 23.7 Å². The van der Waals surface area contributed by atoms with Crippen LogP contribution in [0.15, 0.2) is 66.7 Å². The molecule has 0 fully saturated rings. The maximum Gasteiger partial charge on any atom is 0.169 e. The first kappa shape index (κ1) is 31.6. The van der Waals surface area contributed by atoms with E-state index in [1.54, 1.807) is 34.5 Å². The number of benzene rings is 4. The Morgan fingerprint density at radius 2 is 1.09 bits per heavy atom. The third-order valence-electron chi connectivity index (χ3n) is 9.58. The van der Waals surface area contributed by atoms with Gasteiger partial charge in [-0.15, -0.1) is 0 Å². The largest absolute Gasteiger partial charge is 0.504 e. The van der Waals surface area contributed by atoms with Crippen LogP contribution in [0.4, 0.5) is 0 Å². The van der Waals surface area contributed by atoms with Crippen LogP contribution in [-0.4, -0.2) is 70.5 Å². The maximum absolute atomic E-state index is 10.9. The van der Waals surface area contributed by atoms with Crippen molar-refractivity contribution < 1.29 is 28.8 Å². The third kappa shape index (κ3) is 6.32. The molecule has 0 saturated carbocycles. The van der Waals surface area contributed by atoms with E-state index in [9.17, 15) is 5.11 Å². The molecule has 8 heteroatoms. The highest BCUT2D eigenvalue weighted by molar-refractivity contribution is 5.54. The predicted molar refractivity (Wildman–Crippen MR) is 179 cm³/mol. The van der Waals surface area contributed by atoms with Gasteiger partial charge in [0, 0.05) is 25.2 Å². The van der Waals surface area contributed by atoms with E-state index in [0.29, 0.717) is 17.2 Å². The summed E-state index contributed by atoms with van der Waals surface area (Å²) in [5, 5.41) is 10.9. The van der Waals surface area contributed by atoms with Crippen molar-refractivity contribution >= 4 is 0 Å². The van der Waals surface area contributed by atoms with Crippen molar-refractivity contribution in [1.82, 2.24) is 9.80 Å². The molecule has 0 radical (unpaired) electrons. The summed E-state index contributed by atoms with van der Waals surface area (Å²) in [5.41, 5.74) is 7.25. The lowest BCUT2D eigenvalue weighted by atomic mass is 9.88. The summed E-state index contributed by atoms with van der Waals surface area (Å²) in [7, 11) is 11.0. The van der Waals surface area contributed by atoms with E-state index in [1.807, 2.05) is 24.3 Å². The molecule has 0 bridgehead atoms. The molecule has 242 valence electrons. The highest BCUT2D eigenvalue weighted by atomic mass is 16.5. The molecule has 46 heavy (non-hydrogen) atoms. The fourth-order valence-corrected chi connectivity index (χ4v) is 6.85. The normalized spacial score (nSPS) is 18.0. The number of rotatable bonds is 10. The number of ether oxygens (including phenoxy) is 5. The molecule has 0 saturated heterocycles. The Kier molecular flexibility index (Phi) is 9.29. The van der Waals surface area contributed by atoms with E-state index in [4.69, 9.17) is 23.7 Å². The zero-order valence-corrected chi connectivity index (χ0v) is 27.6. The molecule has 0 aliphatic carbocycles. The minimum absolute atomic E-state index is 0.0826. The zero-order chi connectivity index (χ0) is 32.4. The SMILES string of the molecule is COc1ccc(C[C@H]2c3cc(Oc4cc(C[C@@H]5c6cc(OC)c(OC)cc6CCN5C)ccc4O)c(OC)cc3CCN2C)cc1. The topological polar surface area (TPSA) is 72.9 Å². The summed E-state index contributed by atoms with van der Waals surface area (Å²) in [6.07, 6.45) is 3.47. The molecular weight excluding hydrogens is 580 g/mol. The molecule has 0 spiro atoms. The van der Waals surface area contributed by atoms with Gasteiger partial charge in [-0.3, -0.25) is 9.80 Å². The molecule has 6 rings (SSSR count). The average molecular weight is 625 g/mol. The fraction of sp³-hybridized carbons (Fsp3) is 0.368. The van der Waals surface area contributed by atoms with Crippen molar-refractivity contribution in [1.29, 1.82) is 0 Å². The minimum Gasteiger partial charge on any atom is -0.504 e. The Morgan fingerprint density at radius 3 is 1.65 bits per heavy atom. The van der Waals surface area contributed by atoms with Crippen molar-refractivity contribution in [2.75, 3.05) is 55.6 Å². The van der Waals surface area contributed by atoms with Gasteiger partial charge < -0.3 is 28.8 Å². The molecule has 2 aliphatic heterocycles. The van der Waals surface area contributed by atoms with Gasteiger partial charge in [0.15, 0.2) is 34.5 Å². The average Bonchev–Trinajstić information content (AvgIpc) is 3.08. The maximum atomic E-state index is 10.9. The van der Waals surface area contributed by atoms with Crippen LogP contribution in [0.5, 0.6) is 40.2 Å². The lowest BCUT2D eigenvalue weighted by molar-refractivity contribution is 0.227. The van der Waals surface area contributed by atoms with Crippen molar-refractivity contribution in [2.24, 2.45) is 0 Å². The van der Waals surface area contributed by atoms with Crippen LogP contribution >= 0.6 is 0 Å². The summed E-state index contributed by atoms with van der Waals surface area (Å²) in [6, 6.07) is 22.6. The van der Waals surface area contributed by atoms with Crippen molar-refractivity contribution in [2.45, 2.75) is 37.8 Å². The zero-order valence-electron chi connectivity index (χ0n) is 27.6. The van der Waals surface area contributed by atoms with E-state index < -0.39 is 0 Å². The summed E-state index contributed by atoms with van der Waals surface area (Å²) in [4.78, 5) is 4.76. The van der Waals surface area contributed by atoms with E-state index in [-0.39, 0.29) is 17.8 Å². The monoisotopic (exact) mass is 624 g/mol. The Balaban J connectivity index is 1.29. The molecule has 0 unspecified atom stereocenters. The minimum atomic E-state index is 0.0826. The number of hydrogen-bond donors (Lipinski definition) is 1. The third-order valence-corrected chi connectivity index (χ3v) is 9.58. The number of phenolic OH excluding ortho intramolecular Hbond substituents is 1. The number of methoxy groups -OCH3 is 4. The number of phenols is 1. The highest BCUT2D eigenvalue weighted by Crippen LogP contribution is 2.44. The van der Waals surface area contributed by atoms with Gasteiger partial charge in [0.2, 0.25) is 0 Å². The smallest absolute Gasteiger partial charge is 0.169 e. The number of hydrogen-bond acceptors (Lipinski definition) is 8. The van der Waals surface area contributed by atoms with Crippen LogP contribution in [0.3, 0.4) is 0 Å². The van der Waals surface area contributed by atoms with Gasteiger partial charge in [-0.05, 0) is 122 Å². The fourth-order valence-electron chi connectivity index (χ4n) is 6.85. The van der Waals surface area contributed by atoms with Gasteiger partial charge in [0.05, 0.1) is 28.4 Å². The molecule has 8 nitrogen and oxygen atoms in total. The van der Waals surface area contributed by atoms with Crippen molar-refractivity contribution in [3.8, 4) is 40.2 Å². The van der Waals surface area contributed by atoms with Crippen molar-refractivity contribution in [3.05, 3.63) is 100 Å². The lowest BCUT2D eigenvalue weighted by Crippen LogP contribution is -2.33. The molecule has 2 heterocycles. The van der Waals surface area contributed by atoms with Crippen LogP contribution in [0, 0.1) is 0 Å². The van der Waals surface area contributed by atoms with E-state index in [1.165, 1.54) is 27.8 Å². The summed E-state index contributed by atoms with van der Waals surface area (Å²) in [5.74, 6) is 4.05. The Bertz CT molecular complexity index is 1690. The molecule has 2 atom stereocenters. The Morgan fingerprint density at radius 1 is 0.587 bits per heavy atom. The van der Waals surface area contributed by atoms with E-state index in [2.05, 4.69) is 60.3 Å². The van der Waals surface area contributed by atoms with Gasteiger partial charge in [-0.2, -0.15) is 0 Å². The standard InChI is InChI=1S/C38H44N2O6/c1-39-15-14-27-21-36(44-5)38(23-30(27)31(39)17-24-7-10-28(42-3)11-8-24)46-34-19-25(9-12-33(34)41)18-32-29-22-37(45-6)35(43-4)20-26(29)13-16-40(32)2/h7-12,19-23,31-32,41H,13-18H2,1-6H3/t31-,32+/m0/s1. The van der Waals surface area contributed by atoms with Crippen LogP contribution in [0.1, 0.15) is 45.5 Å². The van der Waals surface area contributed by atoms with Gasteiger partial charge in [-0.1, -0.05) is 18.2 Å². The van der Waals surface area contributed by atoms with Crippen LogP contribution in [-0.2, 0) is 25.7 Å². The molecule has 2 aliphatic rings. The number of nitrogens with zero attached hydrogens (tertiary/aromatic N) is 2. The highest BCUT2D eigenvalue weighted by Gasteiger charge is 2.29. The summed E-state index contributed by atoms with van der Waals surface area (Å²) < 4.78 is 28.9. The van der Waals surface area contributed by atoms with Gasteiger partial charge in [0.1, 0.15) is 5.75 Å². The second-order valence-electron chi connectivity index (χ2n) is 12.3. The molecule has 4 aromatic carbocycles. The Hall–Kier alpha value is -4.40. The van der Waals surface area contributed by atoms with Gasteiger partial charge in [0.25, 0.3) is 0 Å². The van der Waals surface area contributed by atoms with Gasteiger partial charge in [-0.25, -0.2) is 0 Å². The molecule has 0 amide bonds. The molecule has 1 N–H and O–H groups in total. The van der Waals surface area contributed by atoms with Gasteiger partial charge >= 0.3 is 0 Å². The van der Waals surface area contributed by atoms with E-state index >= 15 is 0 Å². The lowest BCUT2D eigenvalue weighted by Gasteiger charge is -2.35. The van der Waals surface area contributed by atoms with Crippen molar-refractivity contribution in [3.63, 3.8) is 0 Å². The van der Waals surface area contributed by atoms with Crippen LogP contribution in [0.25, 0.3) is 0 Å². The second-order valence-corrected chi connectivity index (χ2v) is 12.3. The Labute approximate surface area is 272 Å². The first-order valence-corrected chi connectivity index (χ1v) is 15.8. The predicted octanol–water partition coefficient (Wildman–Crippen LogP) is 6.76. The first-order valence-electron chi connectivity index (χ1n) is 15.8. The number of fused-ring (bicyclic) bond motifs is 2. The number of aromatic hydroxyl groups is 1. The summed E-state index contributed by atoms with van der Waals surface area (Å²) in [6.45, 7) is 1.89. The second kappa shape index (κ2) is 13.5. The quantitative estimate of drug-likeness (QED) is 0.208. The van der Waals surface area contributed by atoms with Crippen LogP contribution in [0.2, 0.25) is 0 Å². The first-order chi connectivity index (χ1) is 22.3. The molecular formula is C38H44N2O6. The molecule has 0 aromatic heterocycles. The van der Waals surface area contributed by atoms with E-state index in [0.717, 1.165) is 61.6 Å². The number of likely N-dealkylation sites (N-methyl/N-ethyl adjacent to an activating group) is 2.